The second-order valence-corrected chi connectivity index (χ2v) is 10.9. The third kappa shape index (κ3) is 21.6. The maximum Gasteiger partial charge on any atom is 0.233 e. The average molecular weight is 501 g/mol. The normalized spacial score (nSPS) is 12.9. The standard InChI is InChI=1S/C31H64O4/c1-6-8-10-12-14-15-16-17-18-19-20-21-22-23-25-27-29-30(28-26-24-13-11-9-7-2)31(3,34-32-4)35-33-5/h30H,6-29H2,1-5H3. The zero-order valence-corrected chi connectivity index (χ0v) is 24.7. The summed E-state index contributed by atoms with van der Waals surface area (Å²) in [6.07, 6.45) is 32.4. The van der Waals surface area contributed by atoms with E-state index in [1.165, 1.54) is 141 Å². The van der Waals surface area contributed by atoms with E-state index in [2.05, 4.69) is 13.8 Å². The van der Waals surface area contributed by atoms with Crippen molar-refractivity contribution in [1.82, 2.24) is 0 Å². The summed E-state index contributed by atoms with van der Waals surface area (Å²) in [5, 5.41) is 0. The van der Waals surface area contributed by atoms with Crippen molar-refractivity contribution in [2.24, 2.45) is 5.92 Å². The van der Waals surface area contributed by atoms with E-state index < -0.39 is 5.79 Å². The second-order valence-electron chi connectivity index (χ2n) is 10.9. The van der Waals surface area contributed by atoms with E-state index in [9.17, 15) is 0 Å². The van der Waals surface area contributed by atoms with E-state index >= 15 is 0 Å². The predicted octanol–water partition coefficient (Wildman–Crippen LogP) is 10.9. The third-order valence-electron chi connectivity index (χ3n) is 7.55. The minimum atomic E-state index is -0.845. The zero-order chi connectivity index (χ0) is 25.9. The Morgan fingerprint density at radius 1 is 0.429 bits per heavy atom. The van der Waals surface area contributed by atoms with Gasteiger partial charge in [0.2, 0.25) is 5.79 Å². The quantitative estimate of drug-likeness (QED) is 0.0443. The van der Waals surface area contributed by atoms with E-state index in [0.29, 0.717) is 0 Å². The van der Waals surface area contributed by atoms with Gasteiger partial charge in [0.25, 0.3) is 0 Å². The molecule has 0 bridgehead atoms. The highest BCUT2D eigenvalue weighted by Crippen LogP contribution is 2.33. The van der Waals surface area contributed by atoms with Gasteiger partial charge in [-0.2, -0.15) is 9.78 Å². The van der Waals surface area contributed by atoms with Crippen LogP contribution in [0.15, 0.2) is 0 Å². The van der Waals surface area contributed by atoms with Crippen LogP contribution in [0.25, 0.3) is 0 Å². The minimum absolute atomic E-state index is 0.278. The average Bonchev–Trinajstić information content (AvgIpc) is 2.84. The SMILES string of the molecule is CCCCCCCCCCCCCCCCCCC(CCCCCCCC)C(C)(OOC)OOC. The Bertz CT molecular complexity index is 395. The summed E-state index contributed by atoms with van der Waals surface area (Å²) in [7, 11) is 3.10. The molecule has 0 fully saturated rings. The maximum absolute atomic E-state index is 5.56. The van der Waals surface area contributed by atoms with Crippen LogP contribution in [-0.2, 0) is 19.6 Å². The number of hydrogen-bond acceptors (Lipinski definition) is 4. The summed E-state index contributed by atoms with van der Waals surface area (Å²) in [4.78, 5) is 21.2. The van der Waals surface area contributed by atoms with E-state index in [4.69, 9.17) is 19.6 Å². The first-order valence-corrected chi connectivity index (χ1v) is 15.6. The van der Waals surface area contributed by atoms with Gasteiger partial charge < -0.3 is 0 Å². The summed E-state index contributed by atoms with van der Waals surface area (Å²) in [5.41, 5.74) is 0. The fourth-order valence-electron chi connectivity index (χ4n) is 5.26. The van der Waals surface area contributed by atoms with Crippen LogP contribution in [0.5, 0.6) is 0 Å². The molecule has 35 heavy (non-hydrogen) atoms. The van der Waals surface area contributed by atoms with Crippen molar-refractivity contribution in [2.45, 2.75) is 181 Å². The van der Waals surface area contributed by atoms with Gasteiger partial charge in [-0.05, 0) is 19.8 Å². The largest absolute Gasteiger partial charge is 0.237 e. The molecule has 212 valence electrons. The number of hydrogen-bond donors (Lipinski definition) is 0. The lowest BCUT2D eigenvalue weighted by atomic mass is 9.88. The number of rotatable bonds is 29. The Morgan fingerprint density at radius 2 is 0.686 bits per heavy atom. The zero-order valence-electron chi connectivity index (χ0n) is 24.7. The van der Waals surface area contributed by atoms with Crippen molar-refractivity contribution in [3.05, 3.63) is 0 Å². The molecular weight excluding hydrogens is 436 g/mol. The van der Waals surface area contributed by atoms with Gasteiger partial charge in [-0.15, -0.1) is 0 Å². The fourth-order valence-corrected chi connectivity index (χ4v) is 5.26. The van der Waals surface area contributed by atoms with Crippen molar-refractivity contribution < 1.29 is 19.6 Å². The van der Waals surface area contributed by atoms with Crippen LogP contribution in [0.2, 0.25) is 0 Å². The summed E-state index contributed by atoms with van der Waals surface area (Å²) in [5.74, 6) is -0.567. The monoisotopic (exact) mass is 500 g/mol. The molecule has 1 unspecified atom stereocenters. The summed E-state index contributed by atoms with van der Waals surface area (Å²) >= 11 is 0. The molecule has 0 aromatic rings. The summed E-state index contributed by atoms with van der Waals surface area (Å²) in [6.45, 7) is 6.51. The van der Waals surface area contributed by atoms with Gasteiger partial charge >= 0.3 is 0 Å². The van der Waals surface area contributed by atoms with E-state index in [1.807, 2.05) is 6.92 Å². The molecule has 0 radical (unpaired) electrons. The van der Waals surface area contributed by atoms with Crippen molar-refractivity contribution in [2.75, 3.05) is 14.2 Å². The summed E-state index contributed by atoms with van der Waals surface area (Å²) < 4.78 is 0. The van der Waals surface area contributed by atoms with Crippen molar-refractivity contribution in [1.29, 1.82) is 0 Å². The third-order valence-corrected chi connectivity index (χ3v) is 7.55. The first-order chi connectivity index (χ1) is 17.1. The fraction of sp³-hybridized carbons (Fsp3) is 1.00. The molecule has 4 heteroatoms. The molecule has 0 rings (SSSR count). The smallest absolute Gasteiger partial charge is 0.233 e. The van der Waals surface area contributed by atoms with Gasteiger partial charge in [-0.25, -0.2) is 9.78 Å². The molecule has 0 saturated carbocycles. The molecule has 1 atom stereocenters. The van der Waals surface area contributed by atoms with Gasteiger partial charge in [0.05, 0.1) is 14.2 Å². The first kappa shape index (κ1) is 34.8. The molecule has 0 amide bonds. The summed E-state index contributed by atoms with van der Waals surface area (Å²) in [6, 6.07) is 0. The molecule has 0 aliphatic rings. The van der Waals surface area contributed by atoms with Crippen molar-refractivity contribution in [3.8, 4) is 0 Å². The van der Waals surface area contributed by atoms with Crippen molar-refractivity contribution in [3.63, 3.8) is 0 Å². The molecular formula is C31H64O4. The first-order valence-electron chi connectivity index (χ1n) is 15.6. The maximum atomic E-state index is 5.56. The topological polar surface area (TPSA) is 36.9 Å². The van der Waals surface area contributed by atoms with Crippen molar-refractivity contribution >= 4 is 0 Å². The molecule has 0 heterocycles. The highest BCUT2D eigenvalue weighted by atomic mass is 17.3. The lowest BCUT2D eigenvalue weighted by Crippen LogP contribution is -2.40. The molecule has 0 aliphatic carbocycles. The van der Waals surface area contributed by atoms with Gasteiger partial charge in [0.15, 0.2) is 0 Å². The van der Waals surface area contributed by atoms with Crippen LogP contribution < -0.4 is 0 Å². The predicted molar refractivity (Wildman–Crippen MR) is 150 cm³/mol. The highest BCUT2D eigenvalue weighted by molar-refractivity contribution is 4.74. The van der Waals surface area contributed by atoms with Gasteiger partial charge in [0, 0.05) is 5.92 Å². The van der Waals surface area contributed by atoms with Gasteiger partial charge in [-0.3, -0.25) is 0 Å². The molecule has 0 aromatic carbocycles. The Kier molecular flexibility index (Phi) is 26.8. The van der Waals surface area contributed by atoms with Crippen LogP contribution in [0.1, 0.15) is 175 Å². The lowest BCUT2D eigenvalue weighted by Gasteiger charge is -2.34. The number of unbranched alkanes of at least 4 members (excludes halogenated alkanes) is 20. The van der Waals surface area contributed by atoms with E-state index in [0.717, 1.165) is 12.8 Å². The van der Waals surface area contributed by atoms with Crippen LogP contribution in [0, 0.1) is 5.92 Å². The Labute approximate surface area is 220 Å². The molecule has 0 saturated heterocycles. The van der Waals surface area contributed by atoms with Gasteiger partial charge in [0.1, 0.15) is 0 Å². The Hall–Kier alpha value is -0.160. The molecule has 0 aromatic heterocycles. The van der Waals surface area contributed by atoms with Crippen LogP contribution >= 0.6 is 0 Å². The Balaban J connectivity index is 3.91. The van der Waals surface area contributed by atoms with Crippen LogP contribution in [0.3, 0.4) is 0 Å². The minimum Gasteiger partial charge on any atom is -0.237 e. The van der Waals surface area contributed by atoms with E-state index in [-0.39, 0.29) is 5.92 Å². The molecule has 0 spiro atoms. The molecule has 0 aliphatic heterocycles. The molecule has 4 nitrogen and oxygen atoms in total. The Morgan fingerprint density at radius 3 is 0.943 bits per heavy atom. The highest BCUT2D eigenvalue weighted by Gasteiger charge is 2.38. The van der Waals surface area contributed by atoms with Crippen LogP contribution in [-0.4, -0.2) is 20.0 Å². The van der Waals surface area contributed by atoms with Crippen LogP contribution in [0.4, 0.5) is 0 Å². The lowest BCUT2D eigenvalue weighted by molar-refractivity contribution is -0.508. The second kappa shape index (κ2) is 26.9. The van der Waals surface area contributed by atoms with Gasteiger partial charge in [-0.1, -0.05) is 155 Å². The molecule has 0 N–H and O–H groups in total. The van der Waals surface area contributed by atoms with E-state index in [1.54, 1.807) is 14.2 Å².